The zero-order valence-corrected chi connectivity index (χ0v) is 11.6. The quantitative estimate of drug-likeness (QED) is 0.756. The molecular formula is C12H6Cl2N2O2S. The highest BCUT2D eigenvalue weighted by atomic mass is 35.5. The lowest BCUT2D eigenvalue weighted by Gasteiger charge is -2.01. The van der Waals surface area contributed by atoms with E-state index in [1.54, 1.807) is 18.2 Å². The fourth-order valence-electron chi connectivity index (χ4n) is 1.58. The van der Waals surface area contributed by atoms with Crippen LogP contribution in [0.4, 0.5) is 5.00 Å². The van der Waals surface area contributed by atoms with Crippen LogP contribution in [-0.2, 0) is 0 Å². The molecule has 1 aromatic carbocycles. The first kappa shape index (κ1) is 12.5. The maximum absolute atomic E-state index is 10.9. The molecule has 2 heterocycles. The van der Waals surface area contributed by atoms with Crippen LogP contribution in [0.15, 0.2) is 39.9 Å². The topological polar surface area (TPSA) is 51.1 Å². The number of thiophene rings is 1. The molecule has 0 atom stereocenters. The van der Waals surface area contributed by atoms with Crippen molar-refractivity contribution < 1.29 is 0 Å². The molecule has 96 valence electrons. The summed E-state index contributed by atoms with van der Waals surface area (Å²) < 4.78 is 0.957. The van der Waals surface area contributed by atoms with Crippen LogP contribution in [0.2, 0.25) is 10.0 Å². The zero-order chi connectivity index (χ0) is 13.6. The Balaban J connectivity index is 1.90. The maximum Gasteiger partial charge on any atom is 0.340 e. The molecule has 0 bridgehead atoms. The normalized spacial score (nSPS) is 11.1. The van der Waals surface area contributed by atoms with Gasteiger partial charge in [0, 0.05) is 15.5 Å². The van der Waals surface area contributed by atoms with E-state index in [2.05, 4.69) is 5.43 Å². The van der Waals surface area contributed by atoms with Crippen molar-refractivity contribution >= 4 is 39.5 Å². The Morgan fingerprint density at radius 3 is 2.42 bits per heavy atom. The molecule has 19 heavy (non-hydrogen) atoms. The monoisotopic (exact) mass is 312 g/mol. The van der Waals surface area contributed by atoms with Gasteiger partial charge in [0.2, 0.25) is 0 Å². The Hall–Kier alpha value is -1.56. The van der Waals surface area contributed by atoms with Crippen LogP contribution in [0.5, 0.6) is 0 Å². The maximum atomic E-state index is 10.9. The second-order valence-corrected chi connectivity index (χ2v) is 5.77. The minimum Gasteiger partial charge on any atom is -0.278 e. The number of aromatic nitrogens is 1. The molecule has 0 aliphatic carbocycles. The van der Waals surface area contributed by atoms with Gasteiger partial charge in [-0.15, -0.1) is 11.3 Å². The van der Waals surface area contributed by atoms with Crippen molar-refractivity contribution in [3.05, 3.63) is 61.1 Å². The van der Waals surface area contributed by atoms with Crippen molar-refractivity contribution in [1.29, 1.82) is 0 Å². The summed E-state index contributed by atoms with van der Waals surface area (Å²) in [5.41, 5.74) is 2.52. The van der Waals surface area contributed by atoms with Gasteiger partial charge < -0.3 is 0 Å². The summed E-state index contributed by atoms with van der Waals surface area (Å²) in [6.45, 7) is 0. The third-order valence-corrected chi connectivity index (χ3v) is 4.13. The van der Waals surface area contributed by atoms with Crippen molar-refractivity contribution in [2.45, 2.75) is 0 Å². The Labute approximate surface area is 121 Å². The molecular weight excluding hydrogens is 307 g/mol. The number of hydrogen-bond acceptors (Lipinski definition) is 4. The van der Waals surface area contributed by atoms with Gasteiger partial charge in [-0.2, -0.15) is 4.68 Å². The lowest BCUT2D eigenvalue weighted by molar-refractivity contribution is 1.06. The fourth-order valence-corrected chi connectivity index (χ4v) is 3.08. The molecule has 0 fully saturated rings. The van der Waals surface area contributed by atoms with Crippen molar-refractivity contribution in [3.63, 3.8) is 0 Å². The summed E-state index contributed by atoms with van der Waals surface area (Å²) >= 11 is 13.4. The lowest BCUT2D eigenvalue weighted by Crippen LogP contribution is -2.05. The van der Waals surface area contributed by atoms with Gasteiger partial charge in [-0.1, -0.05) is 29.3 Å². The highest BCUT2D eigenvalue weighted by Crippen LogP contribution is 2.36. The number of anilines is 1. The predicted octanol–water partition coefficient (Wildman–Crippen LogP) is 2.99. The Morgan fingerprint density at radius 2 is 1.79 bits per heavy atom. The van der Waals surface area contributed by atoms with E-state index in [-0.39, 0.29) is 0 Å². The molecule has 2 aromatic heterocycles. The number of nitrogens with one attached hydrogen (secondary N) is 1. The molecule has 0 aliphatic heterocycles. The summed E-state index contributed by atoms with van der Waals surface area (Å²) in [6.07, 6.45) is 0. The van der Waals surface area contributed by atoms with Crippen LogP contribution < -0.4 is 16.5 Å². The molecule has 4 nitrogen and oxygen atoms in total. The highest BCUT2D eigenvalue weighted by Gasteiger charge is 2.17. The van der Waals surface area contributed by atoms with Crippen LogP contribution in [0.1, 0.15) is 0 Å². The number of hydrogen-bond donors (Lipinski definition) is 1. The standard InChI is InChI=1S/C12H6Cl2N2O2S/c13-6-1-2-7(8(14)5-6)9-3-4-10(19-9)15-16-11(17)12(16)18/h1-5,15H. The Bertz CT molecular complexity index is 805. The number of benzene rings is 1. The third kappa shape index (κ3) is 2.32. The molecule has 0 saturated heterocycles. The molecule has 7 heteroatoms. The molecule has 0 aliphatic rings. The summed E-state index contributed by atoms with van der Waals surface area (Å²) in [4.78, 5) is 22.7. The summed E-state index contributed by atoms with van der Waals surface area (Å²) in [6, 6.07) is 8.90. The smallest absolute Gasteiger partial charge is 0.278 e. The van der Waals surface area contributed by atoms with E-state index in [0.717, 1.165) is 15.1 Å². The van der Waals surface area contributed by atoms with Gasteiger partial charge in [0.25, 0.3) is 0 Å². The van der Waals surface area contributed by atoms with Gasteiger partial charge in [0.05, 0.1) is 5.02 Å². The molecule has 0 spiro atoms. The van der Waals surface area contributed by atoms with E-state index in [9.17, 15) is 9.59 Å². The number of rotatable bonds is 3. The average Bonchev–Trinajstić information content (AvgIpc) is 2.80. The molecule has 3 rings (SSSR count). The Morgan fingerprint density at radius 1 is 1.05 bits per heavy atom. The van der Waals surface area contributed by atoms with Crippen molar-refractivity contribution in [1.82, 2.24) is 4.68 Å². The highest BCUT2D eigenvalue weighted by molar-refractivity contribution is 7.19. The van der Waals surface area contributed by atoms with E-state index in [1.165, 1.54) is 11.3 Å². The van der Waals surface area contributed by atoms with E-state index >= 15 is 0 Å². The van der Waals surface area contributed by atoms with Crippen LogP contribution in [0.25, 0.3) is 10.4 Å². The van der Waals surface area contributed by atoms with Gasteiger partial charge in [-0.3, -0.25) is 15.0 Å². The van der Waals surface area contributed by atoms with Crippen molar-refractivity contribution in [3.8, 4) is 10.4 Å². The Kier molecular flexibility index (Phi) is 2.97. The molecule has 0 saturated carbocycles. The fraction of sp³-hybridized carbons (Fsp3) is 0. The van der Waals surface area contributed by atoms with Gasteiger partial charge in [-0.05, 0) is 24.3 Å². The minimum atomic E-state index is -0.528. The average molecular weight is 313 g/mol. The van der Waals surface area contributed by atoms with Crippen LogP contribution in [0.3, 0.4) is 0 Å². The predicted molar refractivity (Wildman–Crippen MR) is 78.1 cm³/mol. The van der Waals surface area contributed by atoms with Gasteiger partial charge >= 0.3 is 11.1 Å². The van der Waals surface area contributed by atoms with Crippen LogP contribution in [0, 0.1) is 0 Å². The van der Waals surface area contributed by atoms with E-state index < -0.39 is 11.1 Å². The lowest BCUT2D eigenvalue weighted by atomic mass is 10.2. The van der Waals surface area contributed by atoms with Crippen LogP contribution in [-0.4, -0.2) is 4.68 Å². The zero-order valence-electron chi connectivity index (χ0n) is 9.31. The molecule has 1 N–H and O–H groups in total. The van der Waals surface area contributed by atoms with Gasteiger partial charge in [0.1, 0.15) is 5.00 Å². The van der Waals surface area contributed by atoms with E-state index in [0.29, 0.717) is 15.0 Å². The summed E-state index contributed by atoms with van der Waals surface area (Å²) in [5.74, 6) is 0. The molecule has 3 aromatic rings. The van der Waals surface area contributed by atoms with E-state index in [4.69, 9.17) is 23.2 Å². The van der Waals surface area contributed by atoms with Crippen molar-refractivity contribution in [2.75, 3.05) is 5.43 Å². The van der Waals surface area contributed by atoms with Crippen LogP contribution >= 0.6 is 34.5 Å². The summed E-state index contributed by atoms with van der Waals surface area (Å²) in [7, 11) is 0. The second kappa shape index (κ2) is 4.52. The SMILES string of the molecule is O=c1c(=O)n1Nc1ccc(-c2ccc(Cl)cc2Cl)s1. The molecule has 0 radical (unpaired) electrons. The van der Waals surface area contributed by atoms with Gasteiger partial charge in [-0.25, -0.2) is 0 Å². The first-order valence-electron chi connectivity index (χ1n) is 5.26. The second-order valence-electron chi connectivity index (χ2n) is 3.85. The van der Waals surface area contributed by atoms with E-state index in [1.807, 2.05) is 12.1 Å². The summed E-state index contributed by atoms with van der Waals surface area (Å²) in [5, 5.41) is 1.82. The molecule has 0 unspecified atom stereocenters. The molecule has 0 amide bonds. The largest absolute Gasteiger partial charge is 0.340 e. The first-order valence-corrected chi connectivity index (χ1v) is 6.84. The van der Waals surface area contributed by atoms with Crippen molar-refractivity contribution in [2.24, 2.45) is 0 Å². The number of halogens is 2. The minimum absolute atomic E-state index is 0.528. The third-order valence-electron chi connectivity index (χ3n) is 2.56. The number of nitrogens with zero attached hydrogens (tertiary/aromatic N) is 1. The van der Waals surface area contributed by atoms with Gasteiger partial charge in [0.15, 0.2) is 0 Å². The first-order chi connectivity index (χ1) is 9.06.